The summed E-state index contributed by atoms with van der Waals surface area (Å²) in [7, 11) is 1.53. The number of halogens is 1. The van der Waals surface area contributed by atoms with E-state index >= 15 is 0 Å². The van der Waals surface area contributed by atoms with Gasteiger partial charge in [0.25, 0.3) is 11.8 Å². The predicted octanol–water partition coefficient (Wildman–Crippen LogP) is 2.67. The van der Waals surface area contributed by atoms with Crippen molar-refractivity contribution in [3.8, 4) is 17.2 Å². The topological polar surface area (TPSA) is 120 Å². The zero-order chi connectivity index (χ0) is 22.5. The summed E-state index contributed by atoms with van der Waals surface area (Å²) in [6, 6.07) is 8.72. The van der Waals surface area contributed by atoms with Gasteiger partial charge in [0.05, 0.1) is 22.9 Å². The fourth-order valence-electron chi connectivity index (χ4n) is 2.69. The van der Waals surface area contributed by atoms with Gasteiger partial charge in [-0.2, -0.15) is 0 Å². The van der Waals surface area contributed by atoms with Crippen LogP contribution in [-0.2, 0) is 9.59 Å². The number of imide groups is 2. The van der Waals surface area contributed by atoms with E-state index in [1.165, 1.54) is 19.3 Å². The maximum atomic E-state index is 12.6. The van der Waals surface area contributed by atoms with Crippen molar-refractivity contribution in [3.63, 3.8) is 0 Å². The largest absolute Gasteiger partial charge is 0.497 e. The van der Waals surface area contributed by atoms with Crippen LogP contribution in [0.2, 0.25) is 0 Å². The van der Waals surface area contributed by atoms with Gasteiger partial charge in [-0.15, -0.1) is 0 Å². The van der Waals surface area contributed by atoms with E-state index in [4.69, 9.17) is 14.2 Å². The van der Waals surface area contributed by atoms with E-state index in [2.05, 4.69) is 0 Å². The molecule has 1 saturated heterocycles. The normalized spacial score (nSPS) is 13.3. The van der Waals surface area contributed by atoms with E-state index in [1.54, 1.807) is 37.3 Å². The van der Waals surface area contributed by atoms with Crippen molar-refractivity contribution >= 4 is 52.5 Å². The minimum absolute atomic E-state index is 0.207. The third-order valence-corrected chi connectivity index (χ3v) is 4.91. The Morgan fingerprint density at radius 1 is 1.06 bits per heavy atom. The number of hydrogen-bond donors (Lipinski definition) is 2. The summed E-state index contributed by atoms with van der Waals surface area (Å²) in [5.74, 6) is -1.13. The average molecular weight is 536 g/mol. The number of methoxy groups -OCH3 is 1. The molecule has 4 amide bonds. The molecule has 2 aromatic rings. The molecule has 0 unspecified atom stereocenters. The molecule has 1 aliphatic rings. The summed E-state index contributed by atoms with van der Waals surface area (Å²) in [4.78, 5) is 47.7. The van der Waals surface area contributed by atoms with Gasteiger partial charge in [0.2, 0.25) is 0 Å². The van der Waals surface area contributed by atoms with Crippen LogP contribution in [0.1, 0.15) is 22.8 Å². The Balaban J connectivity index is 1.92. The molecule has 0 spiro atoms. The number of barbiturate groups is 1. The highest BCUT2D eigenvalue weighted by molar-refractivity contribution is 14.1. The van der Waals surface area contributed by atoms with Crippen LogP contribution in [0.5, 0.6) is 17.2 Å². The average Bonchev–Trinajstić information content (AvgIpc) is 2.73. The number of rotatable bonds is 6. The molecular weight excluding hydrogens is 519 g/mol. The second-order valence-electron chi connectivity index (χ2n) is 6.18. The molecule has 0 aliphatic carbocycles. The first-order valence-electron chi connectivity index (χ1n) is 9.03. The van der Waals surface area contributed by atoms with Crippen molar-refractivity contribution in [3.05, 3.63) is 56.7 Å². The summed E-state index contributed by atoms with van der Waals surface area (Å²) >= 11 is 1.96. The fourth-order valence-corrected chi connectivity index (χ4v) is 3.42. The lowest BCUT2D eigenvalue weighted by Gasteiger charge is -2.16. The van der Waals surface area contributed by atoms with Gasteiger partial charge in [-0.25, -0.2) is 9.59 Å². The Hall–Kier alpha value is -3.41. The molecule has 0 aromatic heterocycles. The van der Waals surface area contributed by atoms with Gasteiger partial charge in [0.1, 0.15) is 11.3 Å². The maximum absolute atomic E-state index is 12.6. The Morgan fingerprint density at radius 2 is 1.71 bits per heavy atom. The first kappa shape index (κ1) is 22.3. The Labute approximate surface area is 190 Å². The summed E-state index contributed by atoms with van der Waals surface area (Å²) in [6.07, 6.45) is 1.32. The van der Waals surface area contributed by atoms with Crippen LogP contribution in [0, 0.1) is 3.57 Å². The first-order chi connectivity index (χ1) is 14.8. The lowest BCUT2D eigenvalue weighted by molar-refractivity contribution is -0.123. The molecule has 1 aliphatic heterocycles. The van der Waals surface area contributed by atoms with Crippen LogP contribution in [-0.4, -0.2) is 37.5 Å². The van der Waals surface area contributed by atoms with Crippen molar-refractivity contribution in [2.45, 2.75) is 6.92 Å². The summed E-state index contributed by atoms with van der Waals surface area (Å²) in [6.45, 7) is 2.05. The van der Waals surface area contributed by atoms with Gasteiger partial charge < -0.3 is 14.2 Å². The van der Waals surface area contributed by atoms with Crippen molar-refractivity contribution in [2.75, 3.05) is 13.7 Å². The van der Waals surface area contributed by atoms with E-state index in [0.717, 1.165) is 0 Å². The molecule has 9 nitrogen and oxygen atoms in total. The predicted molar refractivity (Wildman–Crippen MR) is 118 cm³/mol. The molecule has 160 valence electrons. The number of hydrogen-bond acceptors (Lipinski definition) is 7. The highest BCUT2D eigenvalue weighted by Gasteiger charge is 2.28. The van der Waals surface area contributed by atoms with Gasteiger partial charge in [-0.05, 0) is 77.6 Å². The SMILES string of the molecule is CCOc1cc(C=C2C(=O)NC(=O)NC2=O)cc(I)c1OC(=O)c1ccc(OC)cc1. The van der Waals surface area contributed by atoms with Gasteiger partial charge in [0, 0.05) is 0 Å². The minimum Gasteiger partial charge on any atom is -0.497 e. The molecule has 2 N–H and O–H groups in total. The minimum atomic E-state index is -0.877. The quantitative estimate of drug-likeness (QED) is 0.192. The van der Waals surface area contributed by atoms with Crippen LogP contribution in [0.15, 0.2) is 42.0 Å². The van der Waals surface area contributed by atoms with Crippen molar-refractivity contribution in [1.82, 2.24) is 10.6 Å². The second kappa shape index (κ2) is 9.60. The smallest absolute Gasteiger partial charge is 0.343 e. The number of nitrogens with one attached hydrogen (secondary N) is 2. The fraction of sp³-hybridized carbons (Fsp3) is 0.143. The van der Waals surface area contributed by atoms with E-state index in [-0.39, 0.29) is 17.1 Å². The molecule has 0 bridgehead atoms. The highest BCUT2D eigenvalue weighted by atomic mass is 127. The zero-order valence-electron chi connectivity index (χ0n) is 16.5. The zero-order valence-corrected chi connectivity index (χ0v) is 18.6. The standard InChI is InChI=1S/C21H17IN2O7/c1-3-30-16-10-11(8-14-18(25)23-21(28)24-19(14)26)9-15(22)17(16)31-20(27)12-4-6-13(29-2)7-5-12/h4-10H,3H2,1-2H3,(H2,23,24,25,26,28). The van der Waals surface area contributed by atoms with Crippen LogP contribution >= 0.6 is 22.6 Å². The number of esters is 1. The Bertz CT molecular complexity index is 1070. The Kier molecular flexibility index (Phi) is 6.90. The number of ether oxygens (including phenoxy) is 3. The van der Waals surface area contributed by atoms with Gasteiger partial charge in [0.15, 0.2) is 11.5 Å². The van der Waals surface area contributed by atoms with Crippen LogP contribution in [0.4, 0.5) is 4.79 Å². The number of amides is 4. The third-order valence-electron chi connectivity index (χ3n) is 4.11. The van der Waals surface area contributed by atoms with Gasteiger partial charge in [-0.1, -0.05) is 0 Å². The molecule has 1 fully saturated rings. The van der Waals surface area contributed by atoms with E-state index in [9.17, 15) is 19.2 Å². The lowest BCUT2D eigenvalue weighted by atomic mass is 10.1. The summed E-state index contributed by atoms with van der Waals surface area (Å²) in [5.41, 5.74) is 0.540. The number of benzene rings is 2. The Morgan fingerprint density at radius 3 is 2.29 bits per heavy atom. The molecule has 2 aromatic carbocycles. The monoisotopic (exact) mass is 536 g/mol. The number of carbonyl (C=O) groups is 4. The highest BCUT2D eigenvalue weighted by Crippen LogP contribution is 2.35. The van der Waals surface area contributed by atoms with Crippen molar-refractivity contribution in [2.24, 2.45) is 0 Å². The second-order valence-corrected chi connectivity index (χ2v) is 7.34. The molecule has 0 radical (unpaired) electrons. The number of carbonyl (C=O) groups excluding carboxylic acids is 4. The van der Waals surface area contributed by atoms with E-state index in [1.807, 2.05) is 33.2 Å². The van der Waals surface area contributed by atoms with Crippen molar-refractivity contribution < 1.29 is 33.4 Å². The van der Waals surface area contributed by atoms with Gasteiger partial charge >= 0.3 is 12.0 Å². The lowest BCUT2D eigenvalue weighted by Crippen LogP contribution is -2.51. The third kappa shape index (κ3) is 5.20. The van der Waals surface area contributed by atoms with Crippen molar-refractivity contribution in [1.29, 1.82) is 0 Å². The molecule has 10 heteroatoms. The maximum Gasteiger partial charge on any atom is 0.343 e. The molecule has 1 heterocycles. The van der Waals surface area contributed by atoms with E-state index < -0.39 is 23.8 Å². The summed E-state index contributed by atoms with van der Waals surface area (Å²) in [5, 5.41) is 4.02. The van der Waals surface area contributed by atoms with Crippen LogP contribution in [0.25, 0.3) is 6.08 Å². The molecule has 31 heavy (non-hydrogen) atoms. The first-order valence-corrected chi connectivity index (χ1v) is 10.1. The molecular formula is C21H17IN2O7. The molecule has 0 atom stereocenters. The molecule has 3 rings (SSSR count). The number of urea groups is 1. The van der Waals surface area contributed by atoms with E-state index in [0.29, 0.717) is 27.1 Å². The van der Waals surface area contributed by atoms with Crippen LogP contribution in [0.3, 0.4) is 0 Å². The van der Waals surface area contributed by atoms with Crippen LogP contribution < -0.4 is 24.8 Å². The molecule has 0 saturated carbocycles. The summed E-state index contributed by atoms with van der Waals surface area (Å²) < 4.78 is 16.8. The van der Waals surface area contributed by atoms with Gasteiger partial charge in [-0.3, -0.25) is 20.2 Å².